The highest BCUT2D eigenvalue weighted by Crippen LogP contribution is 2.36. The van der Waals surface area contributed by atoms with Crippen LogP contribution in [-0.2, 0) is 0 Å². The molecule has 1 heterocycles. The highest BCUT2D eigenvalue weighted by Gasteiger charge is 2.14. The number of aromatic nitrogens is 2. The smallest absolute Gasteiger partial charge is 0.224 e. The number of nitrogens with one attached hydrogen (secondary N) is 1. The lowest BCUT2D eigenvalue weighted by molar-refractivity contribution is 0.342. The van der Waals surface area contributed by atoms with E-state index in [4.69, 9.17) is 25.8 Å². The van der Waals surface area contributed by atoms with Gasteiger partial charge in [0.25, 0.3) is 0 Å². The number of nitrogens with zero attached hydrogens (tertiary/aromatic N) is 2. The van der Waals surface area contributed by atoms with Gasteiger partial charge >= 0.3 is 0 Å². The number of ether oxygens (including phenoxy) is 3. The number of para-hydroxylation sites is 2. The molecule has 3 aromatic rings. The van der Waals surface area contributed by atoms with Crippen LogP contribution in [0.4, 0.5) is 11.5 Å². The van der Waals surface area contributed by atoms with E-state index in [0.717, 1.165) is 16.8 Å². The van der Waals surface area contributed by atoms with Gasteiger partial charge in [0.15, 0.2) is 11.5 Å². The van der Waals surface area contributed by atoms with Gasteiger partial charge in [0.2, 0.25) is 5.28 Å². The summed E-state index contributed by atoms with van der Waals surface area (Å²) in [5.41, 5.74) is 1.43. The van der Waals surface area contributed by atoms with Gasteiger partial charge in [-0.25, -0.2) is 4.98 Å². The van der Waals surface area contributed by atoms with Crippen molar-refractivity contribution in [2.24, 2.45) is 0 Å². The summed E-state index contributed by atoms with van der Waals surface area (Å²) in [4.78, 5) is 8.59. The van der Waals surface area contributed by atoms with Crippen LogP contribution >= 0.6 is 11.6 Å². The molecule has 1 N–H and O–H groups in total. The molecule has 0 bridgehead atoms. The van der Waals surface area contributed by atoms with Crippen LogP contribution in [0.5, 0.6) is 17.2 Å². The molecule has 0 fully saturated rings. The maximum Gasteiger partial charge on any atom is 0.224 e. The molecule has 0 aliphatic heterocycles. The molecule has 0 aliphatic rings. The summed E-state index contributed by atoms with van der Waals surface area (Å²) >= 11 is 6.09. The summed E-state index contributed by atoms with van der Waals surface area (Å²) in [6.07, 6.45) is 0. The van der Waals surface area contributed by atoms with Crippen LogP contribution in [-0.4, -0.2) is 30.8 Å². The fraction of sp³-hybridized carbons (Fsp3) is 0.222. The van der Waals surface area contributed by atoms with Crippen LogP contribution in [0.25, 0.3) is 10.9 Å². The number of fused-ring (bicyclic) bond motifs is 1. The van der Waals surface area contributed by atoms with E-state index in [9.17, 15) is 0 Å². The number of hydrogen-bond donors (Lipinski definition) is 1. The second-order valence-electron chi connectivity index (χ2n) is 5.12. The molecule has 0 radical (unpaired) electrons. The summed E-state index contributed by atoms with van der Waals surface area (Å²) < 4.78 is 16.3. The van der Waals surface area contributed by atoms with E-state index in [0.29, 0.717) is 29.4 Å². The molecule has 0 saturated heterocycles. The van der Waals surface area contributed by atoms with Crippen molar-refractivity contribution in [2.45, 2.75) is 6.92 Å². The minimum atomic E-state index is 0.135. The van der Waals surface area contributed by atoms with Crippen LogP contribution in [0.15, 0.2) is 36.4 Å². The van der Waals surface area contributed by atoms with Crippen molar-refractivity contribution in [3.05, 3.63) is 41.7 Å². The van der Waals surface area contributed by atoms with Crippen molar-refractivity contribution in [3.8, 4) is 17.2 Å². The summed E-state index contributed by atoms with van der Waals surface area (Å²) in [7, 11) is 3.15. The Hall–Kier alpha value is -2.73. The quantitative estimate of drug-likeness (QED) is 0.656. The zero-order valence-electron chi connectivity index (χ0n) is 14.2. The first-order chi connectivity index (χ1) is 12.2. The summed E-state index contributed by atoms with van der Waals surface area (Å²) in [5.74, 6) is 2.45. The number of benzene rings is 2. The first-order valence-corrected chi connectivity index (χ1v) is 8.12. The third kappa shape index (κ3) is 3.53. The molecule has 2 aromatic carbocycles. The maximum atomic E-state index is 6.09. The fourth-order valence-electron chi connectivity index (χ4n) is 2.50. The van der Waals surface area contributed by atoms with Crippen molar-refractivity contribution < 1.29 is 14.2 Å². The molecule has 25 heavy (non-hydrogen) atoms. The summed E-state index contributed by atoms with van der Waals surface area (Å²) in [6, 6.07) is 11.2. The Morgan fingerprint density at radius 3 is 2.44 bits per heavy atom. The Morgan fingerprint density at radius 1 is 1.00 bits per heavy atom. The van der Waals surface area contributed by atoms with Crippen LogP contribution in [0.1, 0.15) is 6.92 Å². The average Bonchev–Trinajstić information content (AvgIpc) is 2.62. The standard InChI is InChI=1S/C18H18ClN3O3/c1-4-25-14-8-6-5-7-12(14)20-17-11-9-15(23-2)16(24-3)10-13(11)21-18(19)22-17/h5-10H,4H2,1-3H3,(H,20,21,22). The van der Waals surface area contributed by atoms with Crippen molar-refractivity contribution >= 4 is 34.0 Å². The molecule has 0 aliphatic carbocycles. The maximum absolute atomic E-state index is 6.09. The molecule has 6 nitrogen and oxygen atoms in total. The second-order valence-corrected chi connectivity index (χ2v) is 5.46. The van der Waals surface area contributed by atoms with E-state index in [2.05, 4.69) is 15.3 Å². The lowest BCUT2D eigenvalue weighted by atomic mass is 10.2. The predicted octanol–water partition coefficient (Wildman–Crippen LogP) is 4.44. The normalized spacial score (nSPS) is 10.6. The third-order valence-corrected chi connectivity index (χ3v) is 3.78. The van der Waals surface area contributed by atoms with E-state index in [1.54, 1.807) is 20.3 Å². The average molecular weight is 360 g/mol. The van der Waals surface area contributed by atoms with Crippen molar-refractivity contribution in [3.63, 3.8) is 0 Å². The Balaban J connectivity index is 2.12. The number of rotatable bonds is 6. The summed E-state index contributed by atoms with van der Waals surface area (Å²) in [6.45, 7) is 2.50. The minimum absolute atomic E-state index is 0.135. The molecule has 0 spiro atoms. The van der Waals surface area contributed by atoms with Gasteiger partial charge in [-0.2, -0.15) is 4.98 Å². The lowest BCUT2D eigenvalue weighted by Gasteiger charge is -2.14. The van der Waals surface area contributed by atoms with Gasteiger partial charge in [-0.3, -0.25) is 0 Å². The molecule has 0 saturated carbocycles. The number of methoxy groups -OCH3 is 2. The van der Waals surface area contributed by atoms with E-state index in [-0.39, 0.29) is 5.28 Å². The Kier molecular flexibility index (Phi) is 5.09. The summed E-state index contributed by atoms with van der Waals surface area (Å²) in [5, 5.41) is 4.17. The highest BCUT2D eigenvalue weighted by atomic mass is 35.5. The number of anilines is 2. The van der Waals surface area contributed by atoms with Gasteiger partial charge in [-0.1, -0.05) is 12.1 Å². The predicted molar refractivity (Wildman–Crippen MR) is 98.5 cm³/mol. The zero-order valence-corrected chi connectivity index (χ0v) is 14.9. The Bertz CT molecular complexity index is 902. The van der Waals surface area contributed by atoms with E-state index in [1.807, 2.05) is 37.3 Å². The van der Waals surface area contributed by atoms with E-state index in [1.165, 1.54) is 0 Å². The van der Waals surface area contributed by atoms with E-state index >= 15 is 0 Å². The Morgan fingerprint density at radius 2 is 1.72 bits per heavy atom. The second kappa shape index (κ2) is 7.44. The fourth-order valence-corrected chi connectivity index (χ4v) is 2.68. The molecule has 3 rings (SSSR count). The van der Waals surface area contributed by atoms with Gasteiger partial charge in [0.05, 0.1) is 32.0 Å². The molecule has 0 atom stereocenters. The number of hydrogen-bond acceptors (Lipinski definition) is 6. The largest absolute Gasteiger partial charge is 0.493 e. The first-order valence-electron chi connectivity index (χ1n) is 7.74. The lowest BCUT2D eigenvalue weighted by Crippen LogP contribution is -2.01. The third-order valence-electron chi connectivity index (χ3n) is 3.61. The topological polar surface area (TPSA) is 65.5 Å². The van der Waals surface area contributed by atoms with Crippen LogP contribution in [0.3, 0.4) is 0 Å². The molecule has 7 heteroatoms. The number of halogens is 1. The van der Waals surface area contributed by atoms with E-state index < -0.39 is 0 Å². The Labute approximate surface area is 150 Å². The molecule has 130 valence electrons. The van der Waals surface area contributed by atoms with Gasteiger partial charge in [0, 0.05) is 11.5 Å². The van der Waals surface area contributed by atoms with Crippen molar-refractivity contribution in [1.29, 1.82) is 0 Å². The monoisotopic (exact) mass is 359 g/mol. The van der Waals surface area contributed by atoms with Gasteiger partial charge in [0.1, 0.15) is 11.6 Å². The molecule has 1 aromatic heterocycles. The van der Waals surface area contributed by atoms with Gasteiger partial charge in [-0.05, 0) is 36.7 Å². The van der Waals surface area contributed by atoms with Crippen molar-refractivity contribution in [2.75, 3.05) is 26.1 Å². The van der Waals surface area contributed by atoms with Crippen LogP contribution in [0, 0.1) is 0 Å². The van der Waals surface area contributed by atoms with Crippen LogP contribution < -0.4 is 19.5 Å². The molecule has 0 amide bonds. The first kappa shape index (κ1) is 17.1. The SMILES string of the molecule is CCOc1ccccc1Nc1nc(Cl)nc2cc(OC)c(OC)cc12. The van der Waals surface area contributed by atoms with Crippen LogP contribution in [0.2, 0.25) is 5.28 Å². The molecule has 0 unspecified atom stereocenters. The highest BCUT2D eigenvalue weighted by molar-refractivity contribution is 6.28. The molecular formula is C18H18ClN3O3. The van der Waals surface area contributed by atoms with Gasteiger partial charge < -0.3 is 19.5 Å². The minimum Gasteiger partial charge on any atom is -0.493 e. The van der Waals surface area contributed by atoms with Crippen molar-refractivity contribution in [1.82, 2.24) is 9.97 Å². The van der Waals surface area contributed by atoms with Gasteiger partial charge in [-0.15, -0.1) is 0 Å². The molecular weight excluding hydrogens is 342 g/mol. The zero-order chi connectivity index (χ0) is 17.8.